The first kappa shape index (κ1) is 10.4. The summed E-state index contributed by atoms with van der Waals surface area (Å²) in [7, 11) is 0. The van der Waals surface area contributed by atoms with Crippen molar-refractivity contribution < 1.29 is 13.7 Å². The van der Waals surface area contributed by atoms with Crippen molar-refractivity contribution in [2.24, 2.45) is 0 Å². The van der Waals surface area contributed by atoms with Crippen LogP contribution in [0.2, 0.25) is 0 Å². The Kier molecular flexibility index (Phi) is 2.68. The summed E-state index contributed by atoms with van der Waals surface area (Å²) in [6, 6.07) is 5.63. The standard InChI is InChI=1S/C11H9FN2O2/c1-7-6-13-16-10(7)11(15)14-9-4-2-3-8(12)5-9/h2-6H,1H3,(H,14,15). The van der Waals surface area contributed by atoms with E-state index < -0.39 is 11.7 Å². The zero-order valence-electron chi connectivity index (χ0n) is 8.53. The van der Waals surface area contributed by atoms with Gasteiger partial charge in [-0.3, -0.25) is 4.79 Å². The predicted molar refractivity (Wildman–Crippen MR) is 55.6 cm³/mol. The number of carbonyl (C=O) groups is 1. The molecule has 0 aliphatic heterocycles. The van der Waals surface area contributed by atoms with E-state index in [1.807, 2.05) is 0 Å². The third-order valence-corrected chi connectivity index (χ3v) is 2.04. The molecule has 0 spiro atoms. The molecular weight excluding hydrogens is 211 g/mol. The second-order valence-corrected chi connectivity index (χ2v) is 3.30. The lowest BCUT2D eigenvalue weighted by atomic mass is 10.2. The number of anilines is 1. The number of rotatable bonds is 2. The van der Waals surface area contributed by atoms with Gasteiger partial charge in [-0.25, -0.2) is 4.39 Å². The van der Waals surface area contributed by atoms with Gasteiger partial charge in [-0.15, -0.1) is 0 Å². The Morgan fingerprint density at radius 3 is 2.94 bits per heavy atom. The summed E-state index contributed by atoms with van der Waals surface area (Å²) in [6.07, 6.45) is 1.44. The third kappa shape index (κ3) is 2.08. The summed E-state index contributed by atoms with van der Waals surface area (Å²) in [5.74, 6) is -0.725. The molecule has 0 radical (unpaired) electrons. The van der Waals surface area contributed by atoms with Crippen molar-refractivity contribution in [2.75, 3.05) is 5.32 Å². The van der Waals surface area contributed by atoms with E-state index in [0.717, 1.165) is 0 Å². The Morgan fingerprint density at radius 2 is 2.31 bits per heavy atom. The van der Waals surface area contributed by atoms with Crippen molar-refractivity contribution in [2.45, 2.75) is 6.92 Å². The lowest BCUT2D eigenvalue weighted by molar-refractivity contribution is 0.0987. The zero-order chi connectivity index (χ0) is 11.5. The largest absolute Gasteiger partial charge is 0.351 e. The van der Waals surface area contributed by atoms with Crippen LogP contribution in [0.4, 0.5) is 10.1 Å². The maximum absolute atomic E-state index is 12.9. The van der Waals surface area contributed by atoms with Gasteiger partial charge in [-0.05, 0) is 25.1 Å². The smallest absolute Gasteiger partial charge is 0.294 e. The van der Waals surface area contributed by atoms with Crippen LogP contribution < -0.4 is 5.32 Å². The molecule has 2 aromatic rings. The summed E-state index contributed by atoms with van der Waals surface area (Å²) in [5.41, 5.74) is 1.01. The van der Waals surface area contributed by atoms with E-state index in [2.05, 4.69) is 10.5 Å². The van der Waals surface area contributed by atoms with Crippen LogP contribution in [0.25, 0.3) is 0 Å². The van der Waals surface area contributed by atoms with Gasteiger partial charge >= 0.3 is 0 Å². The number of hydrogen-bond donors (Lipinski definition) is 1. The van der Waals surface area contributed by atoms with Crippen LogP contribution in [0.1, 0.15) is 16.1 Å². The maximum Gasteiger partial charge on any atom is 0.294 e. The molecular formula is C11H9FN2O2. The van der Waals surface area contributed by atoms with Crippen LogP contribution >= 0.6 is 0 Å². The molecule has 0 saturated carbocycles. The van der Waals surface area contributed by atoms with Crippen molar-refractivity contribution in [3.05, 3.63) is 47.6 Å². The highest BCUT2D eigenvalue weighted by Gasteiger charge is 2.14. The molecule has 0 unspecified atom stereocenters. The molecule has 1 aromatic heterocycles. The second kappa shape index (κ2) is 4.14. The highest BCUT2D eigenvalue weighted by molar-refractivity contribution is 6.02. The lowest BCUT2D eigenvalue weighted by Gasteiger charge is -2.02. The van der Waals surface area contributed by atoms with Gasteiger partial charge in [0.1, 0.15) is 5.82 Å². The van der Waals surface area contributed by atoms with Gasteiger partial charge < -0.3 is 9.84 Å². The first-order valence-corrected chi connectivity index (χ1v) is 4.65. The molecule has 1 aromatic carbocycles. The fraction of sp³-hybridized carbons (Fsp3) is 0.0909. The average Bonchev–Trinajstić information content (AvgIpc) is 2.64. The Labute approximate surface area is 91.1 Å². The molecule has 16 heavy (non-hydrogen) atoms. The quantitative estimate of drug-likeness (QED) is 0.845. The molecule has 0 atom stereocenters. The molecule has 82 valence electrons. The number of aryl methyl sites for hydroxylation is 1. The van der Waals surface area contributed by atoms with Crippen LogP contribution in [0.3, 0.4) is 0 Å². The lowest BCUT2D eigenvalue weighted by Crippen LogP contribution is -2.12. The first-order valence-electron chi connectivity index (χ1n) is 4.65. The number of carbonyl (C=O) groups excluding carboxylic acids is 1. The highest BCUT2D eigenvalue weighted by atomic mass is 19.1. The molecule has 0 aliphatic rings. The Morgan fingerprint density at radius 1 is 1.50 bits per heavy atom. The summed E-state index contributed by atoms with van der Waals surface area (Å²) >= 11 is 0. The van der Waals surface area contributed by atoms with Crippen LogP contribution in [0.15, 0.2) is 35.0 Å². The van der Waals surface area contributed by atoms with Crippen LogP contribution in [-0.2, 0) is 0 Å². The number of benzene rings is 1. The Balaban J connectivity index is 2.17. The summed E-state index contributed by atoms with van der Waals surface area (Å²) in [4.78, 5) is 11.6. The molecule has 5 heteroatoms. The molecule has 1 heterocycles. The molecule has 0 aliphatic carbocycles. The molecule has 0 saturated heterocycles. The minimum atomic E-state index is -0.444. The van der Waals surface area contributed by atoms with E-state index >= 15 is 0 Å². The van der Waals surface area contributed by atoms with E-state index in [0.29, 0.717) is 11.3 Å². The Hall–Kier alpha value is -2.17. The third-order valence-electron chi connectivity index (χ3n) is 2.04. The van der Waals surface area contributed by atoms with Gasteiger partial charge in [0.25, 0.3) is 5.91 Å². The SMILES string of the molecule is Cc1cnoc1C(=O)Nc1cccc(F)c1. The molecule has 0 fully saturated rings. The number of nitrogens with zero attached hydrogens (tertiary/aromatic N) is 1. The van der Waals surface area contributed by atoms with Gasteiger partial charge in [0.2, 0.25) is 5.76 Å². The van der Waals surface area contributed by atoms with Gasteiger partial charge in [-0.2, -0.15) is 0 Å². The van der Waals surface area contributed by atoms with E-state index in [1.54, 1.807) is 13.0 Å². The topological polar surface area (TPSA) is 55.1 Å². The molecule has 2 rings (SSSR count). The van der Waals surface area contributed by atoms with E-state index in [1.165, 1.54) is 24.4 Å². The highest BCUT2D eigenvalue weighted by Crippen LogP contribution is 2.12. The number of amides is 1. The fourth-order valence-corrected chi connectivity index (χ4v) is 1.26. The van der Waals surface area contributed by atoms with Gasteiger partial charge in [-0.1, -0.05) is 11.2 Å². The number of halogens is 1. The van der Waals surface area contributed by atoms with Crippen LogP contribution in [0, 0.1) is 12.7 Å². The van der Waals surface area contributed by atoms with E-state index in [9.17, 15) is 9.18 Å². The predicted octanol–water partition coefficient (Wildman–Crippen LogP) is 2.37. The maximum atomic E-state index is 12.9. The summed E-state index contributed by atoms with van der Waals surface area (Å²) in [5, 5.41) is 6.01. The zero-order valence-corrected chi connectivity index (χ0v) is 8.53. The van der Waals surface area contributed by atoms with Crippen LogP contribution in [0.5, 0.6) is 0 Å². The van der Waals surface area contributed by atoms with Crippen molar-refractivity contribution in [3.63, 3.8) is 0 Å². The van der Waals surface area contributed by atoms with E-state index in [4.69, 9.17) is 4.52 Å². The molecule has 0 bridgehead atoms. The van der Waals surface area contributed by atoms with Crippen LogP contribution in [-0.4, -0.2) is 11.1 Å². The normalized spacial score (nSPS) is 10.1. The minimum Gasteiger partial charge on any atom is -0.351 e. The van der Waals surface area contributed by atoms with Crippen molar-refractivity contribution >= 4 is 11.6 Å². The second-order valence-electron chi connectivity index (χ2n) is 3.30. The number of nitrogens with one attached hydrogen (secondary N) is 1. The van der Waals surface area contributed by atoms with Gasteiger partial charge in [0.15, 0.2) is 0 Å². The van der Waals surface area contributed by atoms with Crippen molar-refractivity contribution in [1.29, 1.82) is 0 Å². The van der Waals surface area contributed by atoms with E-state index in [-0.39, 0.29) is 5.76 Å². The fourth-order valence-electron chi connectivity index (χ4n) is 1.26. The minimum absolute atomic E-state index is 0.129. The summed E-state index contributed by atoms with van der Waals surface area (Å²) in [6.45, 7) is 1.71. The number of hydrogen-bond acceptors (Lipinski definition) is 3. The number of aromatic nitrogens is 1. The van der Waals surface area contributed by atoms with Crippen molar-refractivity contribution in [1.82, 2.24) is 5.16 Å². The monoisotopic (exact) mass is 220 g/mol. The van der Waals surface area contributed by atoms with Gasteiger partial charge in [0.05, 0.1) is 6.20 Å². The molecule has 1 amide bonds. The molecule has 1 N–H and O–H groups in total. The Bertz CT molecular complexity index is 522. The average molecular weight is 220 g/mol. The first-order chi connectivity index (χ1) is 7.66. The van der Waals surface area contributed by atoms with Gasteiger partial charge in [0, 0.05) is 11.3 Å². The van der Waals surface area contributed by atoms with Crippen molar-refractivity contribution in [3.8, 4) is 0 Å². The molecule has 4 nitrogen and oxygen atoms in total. The summed E-state index contributed by atoms with van der Waals surface area (Å²) < 4.78 is 17.6.